The minimum Gasteiger partial charge on any atom is -0.378 e. The summed E-state index contributed by atoms with van der Waals surface area (Å²) in [5.41, 5.74) is 1.32. The second-order valence-corrected chi connectivity index (χ2v) is 6.16. The molecule has 0 spiro atoms. The Kier molecular flexibility index (Phi) is 3.45. The molecule has 1 aliphatic heterocycles. The molecule has 17 heavy (non-hydrogen) atoms. The molecule has 0 aromatic carbocycles. The number of rotatable bonds is 3. The predicted molar refractivity (Wildman–Crippen MR) is 69.5 cm³/mol. The van der Waals surface area contributed by atoms with Crippen LogP contribution in [0.3, 0.4) is 0 Å². The van der Waals surface area contributed by atoms with Crippen LogP contribution in [0.1, 0.15) is 47.3 Å². The number of fused-ring (bicyclic) bond motifs is 1. The summed E-state index contributed by atoms with van der Waals surface area (Å²) in [6, 6.07) is 0.480. The van der Waals surface area contributed by atoms with E-state index in [0.29, 0.717) is 12.1 Å². The van der Waals surface area contributed by atoms with Gasteiger partial charge in [-0.1, -0.05) is 0 Å². The van der Waals surface area contributed by atoms with Crippen LogP contribution >= 0.6 is 11.3 Å². The van der Waals surface area contributed by atoms with E-state index in [1.165, 1.54) is 47.7 Å². The quantitative estimate of drug-likeness (QED) is 0.897. The number of thiazole rings is 1. The fourth-order valence-electron chi connectivity index (χ4n) is 2.84. The Morgan fingerprint density at radius 2 is 2.35 bits per heavy atom. The molecule has 2 heterocycles. The number of hydrogen-bond donors (Lipinski definition) is 1. The van der Waals surface area contributed by atoms with Gasteiger partial charge in [-0.15, -0.1) is 11.3 Å². The number of aryl methyl sites for hydroxylation is 1. The van der Waals surface area contributed by atoms with E-state index in [1.54, 1.807) is 0 Å². The van der Waals surface area contributed by atoms with Crippen molar-refractivity contribution >= 4 is 11.3 Å². The van der Waals surface area contributed by atoms with Gasteiger partial charge >= 0.3 is 0 Å². The highest BCUT2D eigenvalue weighted by Crippen LogP contribution is 2.34. The molecule has 3 nitrogen and oxygen atoms in total. The Hall–Kier alpha value is -0.450. The zero-order valence-electron chi connectivity index (χ0n) is 10.4. The molecule has 1 aliphatic carbocycles. The average molecular weight is 252 g/mol. The third-order valence-corrected chi connectivity index (χ3v) is 4.93. The van der Waals surface area contributed by atoms with Crippen molar-refractivity contribution in [3.05, 3.63) is 15.6 Å². The molecule has 2 aliphatic rings. The van der Waals surface area contributed by atoms with Crippen LogP contribution in [0, 0.1) is 0 Å². The maximum Gasteiger partial charge on any atom is 0.0957 e. The van der Waals surface area contributed by atoms with Gasteiger partial charge in [0.25, 0.3) is 0 Å². The first-order valence-electron chi connectivity index (χ1n) is 6.64. The molecule has 94 valence electrons. The lowest BCUT2D eigenvalue weighted by Crippen LogP contribution is -2.21. The Bertz CT molecular complexity index is 385. The van der Waals surface area contributed by atoms with Gasteiger partial charge in [0.1, 0.15) is 0 Å². The summed E-state index contributed by atoms with van der Waals surface area (Å²) in [6.07, 6.45) is 7.61. The zero-order chi connectivity index (χ0) is 11.7. The van der Waals surface area contributed by atoms with E-state index < -0.39 is 0 Å². The van der Waals surface area contributed by atoms with Crippen LogP contribution in [0.2, 0.25) is 0 Å². The van der Waals surface area contributed by atoms with Crippen molar-refractivity contribution in [1.82, 2.24) is 10.3 Å². The summed E-state index contributed by atoms with van der Waals surface area (Å²) >= 11 is 1.91. The Morgan fingerprint density at radius 1 is 1.41 bits per heavy atom. The van der Waals surface area contributed by atoms with E-state index >= 15 is 0 Å². The Morgan fingerprint density at radius 3 is 3.12 bits per heavy atom. The normalized spacial score (nSPS) is 28.3. The maximum atomic E-state index is 5.69. The molecule has 3 rings (SSSR count). The fourth-order valence-corrected chi connectivity index (χ4v) is 4.07. The van der Waals surface area contributed by atoms with Crippen molar-refractivity contribution in [2.75, 3.05) is 13.7 Å². The lowest BCUT2D eigenvalue weighted by molar-refractivity contribution is 0.111. The molecule has 4 heteroatoms. The maximum absolute atomic E-state index is 5.69. The van der Waals surface area contributed by atoms with Gasteiger partial charge in [0, 0.05) is 17.9 Å². The molecule has 0 amide bonds. The summed E-state index contributed by atoms with van der Waals surface area (Å²) in [5.74, 6) is 0. The number of ether oxygens (including phenoxy) is 1. The van der Waals surface area contributed by atoms with Gasteiger partial charge in [0.2, 0.25) is 0 Å². The minimum absolute atomic E-state index is 0.427. The summed E-state index contributed by atoms with van der Waals surface area (Å²) < 4.78 is 5.69. The molecular formula is C13H20N2OS. The smallest absolute Gasteiger partial charge is 0.0957 e. The van der Waals surface area contributed by atoms with Crippen LogP contribution in [-0.2, 0) is 17.6 Å². The lowest BCUT2D eigenvalue weighted by Gasteiger charge is -2.19. The van der Waals surface area contributed by atoms with Crippen LogP contribution in [0.15, 0.2) is 0 Å². The minimum atomic E-state index is 0.427. The van der Waals surface area contributed by atoms with Gasteiger partial charge in [-0.25, -0.2) is 4.98 Å². The van der Waals surface area contributed by atoms with Crippen molar-refractivity contribution in [2.45, 2.75) is 50.7 Å². The van der Waals surface area contributed by atoms with Gasteiger partial charge in [0.05, 0.1) is 22.8 Å². The van der Waals surface area contributed by atoms with Crippen LogP contribution in [-0.4, -0.2) is 24.7 Å². The summed E-state index contributed by atoms with van der Waals surface area (Å²) in [6.45, 7) is 0.939. The van der Waals surface area contributed by atoms with E-state index in [2.05, 4.69) is 5.32 Å². The van der Waals surface area contributed by atoms with E-state index in [-0.39, 0.29) is 0 Å². The van der Waals surface area contributed by atoms with Gasteiger partial charge < -0.3 is 10.1 Å². The van der Waals surface area contributed by atoms with Crippen LogP contribution in [0.4, 0.5) is 0 Å². The molecule has 0 bridgehead atoms. The summed E-state index contributed by atoms with van der Waals surface area (Å²) in [4.78, 5) is 6.35. The molecule has 1 N–H and O–H groups in total. The molecule has 1 aromatic heterocycles. The highest BCUT2D eigenvalue weighted by molar-refractivity contribution is 7.11. The highest BCUT2D eigenvalue weighted by atomic mass is 32.1. The summed E-state index contributed by atoms with van der Waals surface area (Å²) in [7, 11) is 2.04. The van der Waals surface area contributed by atoms with E-state index in [0.717, 1.165) is 13.0 Å². The SMILES string of the molecule is CNC1CCCc2sc(CC3CCCO3)nc21. The monoisotopic (exact) mass is 252 g/mol. The second kappa shape index (κ2) is 5.04. The van der Waals surface area contributed by atoms with Crippen LogP contribution in [0.5, 0.6) is 0 Å². The molecule has 1 saturated heterocycles. The number of nitrogens with zero attached hydrogens (tertiary/aromatic N) is 1. The molecule has 2 unspecified atom stereocenters. The standard InChI is InChI=1S/C13H20N2OS/c1-14-10-5-2-6-11-13(10)15-12(17-11)8-9-4-3-7-16-9/h9-10,14H,2-8H2,1H3. The third kappa shape index (κ3) is 2.39. The van der Waals surface area contributed by atoms with E-state index in [4.69, 9.17) is 9.72 Å². The van der Waals surface area contributed by atoms with Gasteiger partial charge in [-0.2, -0.15) is 0 Å². The van der Waals surface area contributed by atoms with Crippen LogP contribution in [0.25, 0.3) is 0 Å². The molecular weight excluding hydrogens is 232 g/mol. The second-order valence-electron chi connectivity index (χ2n) is 4.99. The van der Waals surface area contributed by atoms with Crippen molar-refractivity contribution in [1.29, 1.82) is 0 Å². The van der Waals surface area contributed by atoms with Crippen molar-refractivity contribution in [3.8, 4) is 0 Å². The average Bonchev–Trinajstić information content (AvgIpc) is 2.97. The predicted octanol–water partition coefficient (Wildman–Crippen LogP) is 2.46. The molecule has 0 saturated carbocycles. The van der Waals surface area contributed by atoms with Gasteiger partial charge in [-0.05, 0) is 39.2 Å². The zero-order valence-corrected chi connectivity index (χ0v) is 11.2. The number of nitrogens with one attached hydrogen (secondary N) is 1. The molecule has 1 fully saturated rings. The first kappa shape index (κ1) is 11.6. The van der Waals surface area contributed by atoms with Crippen molar-refractivity contribution in [3.63, 3.8) is 0 Å². The summed E-state index contributed by atoms with van der Waals surface area (Å²) in [5, 5.41) is 4.66. The number of hydrogen-bond acceptors (Lipinski definition) is 4. The topological polar surface area (TPSA) is 34.1 Å². The first-order chi connectivity index (χ1) is 8.36. The largest absolute Gasteiger partial charge is 0.378 e. The molecule has 0 radical (unpaired) electrons. The number of aromatic nitrogens is 1. The molecule has 2 atom stereocenters. The van der Waals surface area contributed by atoms with Crippen molar-refractivity contribution < 1.29 is 4.74 Å². The van der Waals surface area contributed by atoms with Crippen LogP contribution < -0.4 is 5.32 Å². The highest BCUT2D eigenvalue weighted by Gasteiger charge is 2.25. The lowest BCUT2D eigenvalue weighted by atomic mass is 9.98. The molecule has 1 aromatic rings. The van der Waals surface area contributed by atoms with Gasteiger partial charge in [0.15, 0.2) is 0 Å². The fraction of sp³-hybridized carbons (Fsp3) is 0.769. The first-order valence-corrected chi connectivity index (χ1v) is 7.46. The van der Waals surface area contributed by atoms with E-state index in [1.807, 2.05) is 18.4 Å². The Labute approximate surface area is 107 Å². The van der Waals surface area contributed by atoms with E-state index in [9.17, 15) is 0 Å². The van der Waals surface area contributed by atoms with Crippen molar-refractivity contribution in [2.24, 2.45) is 0 Å². The third-order valence-electron chi connectivity index (χ3n) is 3.77. The Balaban J connectivity index is 1.75. The van der Waals surface area contributed by atoms with Gasteiger partial charge in [-0.3, -0.25) is 0 Å².